The first-order valence-corrected chi connectivity index (χ1v) is 10.5. The Morgan fingerprint density at radius 3 is 2.58 bits per heavy atom. The lowest BCUT2D eigenvalue weighted by Crippen LogP contribution is -2.30. The van der Waals surface area contributed by atoms with Crippen LogP contribution in [-0.4, -0.2) is 22.8 Å². The van der Waals surface area contributed by atoms with Gasteiger partial charge in [0.2, 0.25) is 0 Å². The quantitative estimate of drug-likeness (QED) is 0.477. The van der Waals surface area contributed by atoms with E-state index in [0.29, 0.717) is 19.4 Å². The Morgan fingerprint density at radius 2 is 1.77 bits per heavy atom. The van der Waals surface area contributed by atoms with Gasteiger partial charge >= 0.3 is 5.97 Å². The van der Waals surface area contributed by atoms with Crippen LogP contribution in [0, 0.1) is 5.92 Å². The second-order valence-electron chi connectivity index (χ2n) is 7.79. The van der Waals surface area contributed by atoms with Gasteiger partial charge in [0.05, 0.1) is 12.7 Å². The number of aliphatic carboxylic acids is 1. The topological polar surface area (TPSA) is 76.0 Å². The fourth-order valence-corrected chi connectivity index (χ4v) is 3.95. The summed E-state index contributed by atoms with van der Waals surface area (Å²) in [5.41, 5.74) is 1.68. The maximum atomic E-state index is 10.7. The van der Waals surface area contributed by atoms with Crippen LogP contribution in [-0.2, 0) is 14.3 Å². The minimum absolute atomic E-state index is 0.00563. The number of ether oxygens (including phenoxy) is 2. The van der Waals surface area contributed by atoms with E-state index in [1.807, 2.05) is 42.5 Å². The zero-order valence-corrected chi connectivity index (χ0v) is 17.2. The molecule has 1 aliphatic rings. The first-order chi connectivity index (χ1) is 15.1. The monoisotopic (exact) mass is 418 g/mol. The molecule has 5 heteroatoms. The number of aromatic hydroxyl groups is 1. The van der Waals surface area contributed by atoms with Crippen LogP contribution in [0.2, 0.25) is 0 Å². The van der Waals surface area contributed by atoms with Crippen LogP contribution < -0.4 is 0 Å². The smallest absolute Gasteiger partial charge is 0.303 e. The molecule has 31 heavy (non-hydrogen) atoms. The highest BCUT2D eigenvalue weighted by molar-refractivity contribution is 5.83. The molecule has 5 nitrogen and oxygen atoms in total. The maximum absolute atomic E-state index is 10.7. The molecule has 3 unspecified atom stereocenters. The molecule has 1 heterocycles. The van der Waals surface area contributed by atoms with Gasteiger partial charge in [-0.1, -0.05) is 66.7 Å². The highest BCUT2D eigenvalue weighted by Crippen LogP contribution is 2.42. The van der Waals surface area contributed by atoms with E-state index < -0.39 is 12.3 Å². The Hall–Kier alpha value is -3.15. The molecule has 0 radical (unpaired) electrons. The number of para-hydroxylation sites is 1. The average molecular weight is 418 g/mol. The van der Waals surface area contributed by atoms with Gasteiger partial charge in [-0.05, 0) is 35.7 Å². The van der Waals surface area contributed by atoms with Crippen LogP contribution in [0.15, 0.2) is 78.9 Å². The first-order valence-electron chi connectivity index (χ1n) is 10.5. The molecule has 1 fully saturated rings. The van der Waals surface area contributed by atoms with E-state index in [9.17, 15) is 9.90 Å². The van der Waals surface area contributed by atoms with Crippen LogP contribution in [0.3, 0.4) is 0 Å². The summed E-state index contributed by atoms with van der Waals surface area (Å²) in [6.07, 6.45) is 4.27. The van der Waals surface area contributed by atoms with Crippen molar-refractivity contribution in [1.29, 1.82) is 0 Å². The number of rotatable bonds is 7. The van der Waals surface area contributed by atoms with Crippen LogP contribution >= 0.6 is 0 Å². The van der Waals surface area contributed by atoms with E-state index in [1.165, 1.54) is 0 Å². The summed E-state index contributed by atoms with van der Waals surface area (Å²) in [5, 5.41) is 21.5. The number of benzene rings is 3. The van der Waals surface area contributed by atoms with Crippen molar-refractivity contribution in [3.05, 3.63) is 90.0 Å². The van der Waals surface area contributed by atoms with E-state index in [4.69, 9.17) is 14.6 Å². The number of phenolic OH excluding ortho intramolecular Hbond substituents is 1. The van der Waals surface area contributed by atoms with Crippen molar-refractivity contribution < 1.29 is 24.5 Å². The predicted octanol–water partition coefficient (Wildman–Crippen LogP) is 5.76. The Kier molecular flexibility index (Phi) is 6.65. The van der Waals surface area contributed by atoms with Gasteiger partial charge < -0.3 is 19.7 Å². The molecule has 4 rings (SSSR count). The van der Waals surface area contributed by atoms with E-state index in [2.05, 4.69) is 24.3 Å². The molecule has 1 saturated heterocycles. The van der Waals surface area contributed by atoms with Crippen LogP contribution in [0.5, 0.6) is 5.75 Å². The van der Waals surface area contributed by atoms with Crippen molar-refractivity contribution in [2.75, 3.05) is 6.61 Å². The molecule has 2 N–H and O–H groups in total. The van der Waals surface area contributed by atoms with E-state index in [0.717, 1.165) is 21.9 Å². The summed E-state index contributed by atoms with van der Waals surface area (Å²) < 4.78 is 12.5. The van der Waals surface area contributed by atoms with Crippen LogP contribution in [0.25, 0.3) is 10.8 Å². The number of fused-ring (bicyclic) bond motifs is 1. The van der Waals surface area contributed by atoms with E-state index in [-0.39, 0.29) is 24.2 Å². The van der Waals surface area contributed by atoms with E-state index >= 15 is 0 Å². The Balaban J connectivity index is 1.54. The average Bonchev–Trinajstić information content (AvgIpc) is 2.79. The molecule has 0 saturated carbocycles. The van der Waals surface area contributed by atoms with Gasteiger partial charge in [-0.3, -0.25) is 4.79 Å². The first kappa shape index (κ1) is 21.1. The Bertz CT molecular complexity index is 1070. The van der Waals surface area contributed by atoms with Crippen molar-refractivity contribution in [1.82, 2.24) is 0 Å². The predicted molar refractivity (Wildman–Crippen MR) is 119 cm³/mol. The zero-order valence-electron chi connectivity index (χ0n) is 17.2. The number of hydrogen-bond donors (Lipinski definition) is 2. The lowest BCUT2D eigenvalue weighted by atomic mass is 9.91. The summed E-state index contributed by atoms with van der Waals surface area (Å²) >= 11 is 0. The molecule has 0 bridgehead atoms. The van der Waals surface area contributed by atoms with Crippen molar-refractivity contribution in [2.45, 2.75) is 31.7 Å². The molecule has 3 atom stereocenters. The zero-order chi connectivity index (χ0) is 21.6. The SMILES string of the molecule is O=C(O)CC/C=C\CC1COC(c2ccc3ccccc3c2)OC1c1ccccc1O. The number of phenols is 1. The van der Waals surface area contributed by atoms with Crippen molar-refractivity contribution in [3.8, 4) is 5.75 Å². The lowest BCUT2D eigenvalue weighted by molar-refractivity contribution is -0.244. The van der Waals surface area contributed by atoms with Gasteiger partial charge in [-0.25, -0.2) is 0 Å². The fraction of sp³-hybridized carbons (Fsp3) is 0.269. The second kappa shape index (κ2) is 9.77. The Labute approximate surface area is 181 Å². The molecule has 0 amide bonds. The summed E-state index contributed by atoms with van der Waals surface area (Å²) in [7, 11) is 0. The molecule has 3 aromatic rings. The van der Waals surface area contributed by atoms with Crippen molar-refractivity contribution in [3.63, 3.8) is 0 Å². The van der Waals surface area contributed by atoms with Crippen LogP contribution in [0.4, 0.5) is 0 Å². The number of allylic oxidation sites excluding steroid dienone is 2. The van der Waals surface area contributed by atoms with Gasteiger partial charge in [0.15, 0.2) is 6.29 Å². The fourth-order valence-electron chi connectivity index (χ4n) is 3.95. The third-order valence-corrected chi connectivity index (χ3v) is 5.58. The molecule has 0 aromatic heterocycles. The second-order valence-corrected chi connectivity index (χ2v) is 7.79. The number of hydrogen-bond acceptors (Lipinski definition) is 4. The summed E-state index contributed by atoms with van der Waals surface area (Å²) in [6, 6.07) is 21.5. The third-order valence-electron chi connectivity index (χ3n) is 5.58. The molecule has 3 aromatic carbocycles. The molecule has 1 aliphatic heterocycles. The highest BCUT2D eigenvalue weighted by Gasteiger charge is 2.34. The molecular weight excluding hydrogens is 392 g/mol. The van der Waals surface area contributed by atoms with Crippen molar-refractivity contribution >= 4 is 16.7 Å². The highest BCUT2D eigenvalue weighted by atomic mass is 16.7. The van der Waals surface area contributed by atoms with Crippen molar-refractivity contribution in [2.24, 2.45) is 5.92 Å². The number of carboxylic acid groups (broad SMARTS) is 1. The van der Waals surface area contributed by atoms with Gasteiger partial charge in [-0.15, -0.1) is 0 Å². The molecular formula is C26H26O5. The van der Waals surface area contributed by atoms with Gasteiger partial charge in [0, 0.05) is 23.5 Å². The standard InChI is InChI=1S/C26H26O5/c27-23-12-7-6-11-22(23)25-21(10-2-1-3-13-24(28)29)17-30-26(31-25)20-15-14-18-8-4-5-9-19(18)16-20/h1-2,4-9,11-12,14-16,21,25-27H,3,10,13,17H2,(H,28,29)/b2-1-. The summed E-state index contributed by atoms with van der Waals surface area (Å²) in [4.78, 5) is 10.7. The molecule has 160 valence electrons. The maximum Gasteiger partial charge on any atom is 0.303 e. The van der Waals surface area contributed by atoms with Gasteiger partial charge in [0.25, 0.3) is 0 Å². The lowest BCUT2D eigenvalue weighted by Gasteiger charge is -2.37. The molecule has 0 aliphatic carbocycles. The summed E-state index contributed by atoms with van der Waals surface area (Å²) in [6.45, 7) is 0.472. The molecule has 0 spiro atoms. The largest absolute Gasteiger partial charge is 0.508 e. The van der Waals surface area contributed by atoms with Gasteiger partial charge in [-0.2, -0.15) is 0 Å². The Morgan fingerprint density at radius 1 is 1.00 bits per heavy atom. The number of carbonyl (C=O) groups is 1. The van der Waals surface area contributed by atoms with Gasteiger partial charge in [0.1, 0.15) is 5.75 Å². The van der Waals surface area contributed by atoms with Crippen LogP contribution in [0.1, 0.15) is 42.8 Å². The summed E-state index contributed by atoms with van der Waals surface area (Å²) in [5.74, 6) is -0.600. The normalized spacial score (nSPS) is 21.5. The minimum Gasteiger partial charge on any atom is -0.508 e. The number of carboxylic acids is 1. The van der Waals surface area contributed by atoms with E-state index in [1.54, 1.807) is 12.1 Å². The minimum atomic E-state index is -0.806. The third kappa shape index (κ3) is 5.13.